The summed E-state index contributed by atoms with van der Waals surface area (Å²) >= 11 is 0. The summed E-state index contributed by atoms with van der Waals surface area (Å²) in [4.78, 5) is 33.8. The standard InChI is InChI=1S/C44H78NO8P/c1-3-5-7-9-11-13-15-17-18-19-20-21-22-23-24-25-26-28-30-32-34-36-43(47)45-38-39-52-54(49,50)53-41-42(46)40-51-44(48)37-35-33-31-29-27-16-14-12-10-8-6-4-2/h11-14,17-18,20-21,23-24,42,46H,3-10,15-16,19,22,25-41H2,1-2H3,(H,45,47)(H,49,50)/b13-11-,14-12-,18-17-,21-20-,24-23-. The zero-order chi connectivity index (χ0) is 39.6. The molecule has 0 fully saturated rings. The molecule has 0 bridgehead atoms. The second kappa shape index (κ2) is 40.4. The Kier molecular flexibility index (Phi) is 38.7. The van der Waals surface area contributed by atoms with Crippen molar-refractivity contribution < 1.29 is 37.9 Å². The van der Waals surface area contributed by atoms with Crippen LogP contribution in [0.5, 0.6) is 0 Å². The lowest BCUT2D eigenvalue weighted by molar-refractivity contribution is -0.147. The minimum Gasteiger partial charge on any atom is -0.463 e. The number of aliphatic hydroxyl groups is 1. The lowest BCUT2D eigenvalue weighted by atomic mass is 10.1. The van der Waals surface area contributed by atoms with Gasteiger partial charge >= 0.3 is 13.8 Å². The summed E-state index contributed by atoms with van der Waals surface area (Å²) in [6, 6.07) is 0. The van der Waals surface area contributed by atoms with Crippen molar-refractivity contribution in [1.29, 1.82) is 0 Å². The van der Waals surface area contributed by atoms with E-state index in [1.165, 1.54) is 51.4 Å². The third kappa shape index (κ3) is 40.9. The maximum atomic E-state index is 12.1. The summed E-state index contributed by atoms with van der Waals surface area (Å²) in [7, 11) is -4.42. The summed E-state index contributed by atoms with van der Waals surface area (Å²) in [5.74, 6) is -0.548. The fraction of sp³-hybridized carbons (Fsp3) is 0.727. The number of carbonyl (C=O) groups is 2. The van der Waals surface area contributed by atoms with Crippen LogP contribution in [0.3, 0.4) is 0 Å². The topological polar surface area (TPSA) is 131 Å². The van der Waals surface area contributed by atoms with Gasteiger partial charge in [-0.15, -0.1) is 0 Å². The number of allylic oxidation sites excluding steroid dienone is 10. The molecule has 0 spiro atoms. The summed E-state index contributed by atoms with van der Waals surface area (Å²) in [6.45, 7) is 3.45. The zero-order valence-electron chi connectivity index (χ0n) is 34.1. The molecule has 9 nitrogen and oxygen atoms in total. The van der Waals surface area contributed by atoms with Crippen LogP contribution in [0, 0.1) is 0 Å². The number of hydrogen-bond acceptors (Lipinski definition) is 7. The predicted molar refractivity (Wildman–Crippen MR) is 224 cm³/mol. The maximum Gasteiger partial charge on any atom is 0.472 e. The van der Waals surface area contributed by atoms with Crippen molar-refractivity contribution in [1.82, 2.24) is 5.32 Å². The Morgan fingerprint density at radius 2 is 1.00 bits per heavy atom. The third-order valence-electron chi connectivity index (χ3n) is 8.67. The van der Waals surface area contributed by atoms with E-state index in [0.29, 0.717) is 6.42 Å². The number of nitrogens with one attached hydrogen (secondary N) is 1. The number of carbonyl (C=O) groups excluding carboxylic acids is 2. The molecule has 0 heterocycles. The highest BCUT2D eigenvalue weighted by Crippen LogP contribution is 2.42. The first-order valence-corrected chi connectivity index (χ1v) is 22.8. The average molecular weight is 780 g/mol. The van der Waals surface area contributed by atoms with E-state index >= 15 is 0 Å². The number of amides is 1. The van der Waals surface area contributed by atoms with Crippen molar-refractivity contribution in [2.45, 2.75) is 180 Å². The van der Waals surface area contributed by atoms with Crippen molar-refractivity contribution in [3.05, 3.63) is 60.8 Å². The number of hydrogen-bond donors (Lipinski definition) is 3. The van der Waals surface area contributed by atoms with Gasteiger partial charge in [0.2, 0.25) is 5.91 Å². The summed E-state index contributed by atoms with van der Waals surface area (Å²) in [6.07, 6.45) is 47.2. The molecule has 0 rings (SSSR count). The van der Waals surface area contributed by atoms with Crippen molar-refractivity contribution >= 4 is 19.7 Å². The number of ether oxygens (including phenoxy) is 1. The first kappa shape index (κ1) is 51.7. The van der Waals surface area contributed by atoms with Crippen molar-refractivity contribution in [2.75, 3.05) is 26.4 Å². The Labute approximate surface area is 329 Å². The molecule has 0 saturated carbocycles. The van der Waals surface area contributed by atoms with Crippen LogP contribution >= 0.6 is 7.82 Å². The quantitative estimate of drug-likeness (QED) is 0.0243. The highest BCUT2D eigenvalue weighted by atomic mass is 31.2. The van der Waals surface area contributed by atoms with Crippen LogP contribution in [-0.4, -0.2) is 54.3 Å². The van der Waals surface area contributed by atoms with E-state index in [4.69, 9.17) is 13.8 Å². The number of esters is 1. The molecule has 0 saturated heterocycles. The van der Waals surface area contributed by atoms with Gasteiger partial charge < -0.3 is 20.1 Å². The zero-order valence-corrected chi connectivity index (χ0v) is 35.0. The summed E-state index contributed by atoms with van der Waals surface area (Å²) in [5.41, 5.74) is 0. The lowest BCUT2D eigenvalue weighted by Crippen LogP contribution is -2.27. The van der Waals surface area contributed by atoms with Gasteiger partial charge in [-0.2, -0.15) is 0 Å². The second-order valence-electron chi connectivity index (χ2n) is 14.0. The van der Waals surface area contributed by atoms with Crippen LogP contribution in [0.4, 0.5) is 0 Å². The van der Waals surface area contributed by atoms with Crippen LogP contribution in [0.1, 0.15) is 174 Å². The Balaban J connectivity index is 3.66. The highest BCUT2D eigenvalue weighted by Gasteiger charge is 2.23. The van der Waals surface area contributed by atoms with Gasteiger partial charge in [-0.25, -0.2) is 4.57 Å². The van der Waals surface area contributed by atoms with Crippen molar-refractivity contribution in [2.24, 2.45) is 0 Å². The molecule has 312 valence electrons. The summed E-state index contributed by atoms with van der Waals surface area (Å²) in [5, 5.41) is 12.7. The lowest BCUT2D eigenvalue weighted by Gasteiger charge is -2.15. The molecule has 1 amide bonds. The minimum atomic E-state index is -4.42. The number of unbranched alkanes of at least 4 members (excludes halogenated alkanes) is 16. The van der Waals surface area contributed by atoms with Crippen molar-refractivity contribution in [3.8, 4) is 0 Å². The molecule has 0 radical (unpaired) electrons. The van der Waals surface area contributed by atoms with Gasteiger partial charge in [-0.1, -0.05) is 139 Å². The molecule has 54 heavy (non-hydrogen) atoms. The van der Waals surface area contributed by atoms with Crippen LogP contribution in [0.15, 0.2) is 60.8 Å². The van der Waals surface area contributed by atoms with E-state index < -0.39 is 26.5 Å². The largest absolute Gasteiger partial charge is 0.472 e. The van der Waals surface area contributed by atoms with E-state index in [2.05, 4.69) is 79.9 Å². The third-order valence-corrected chi connectivity index (χ3v) is 9.65. The van der Waals surface area contributed by atoms with Crippen LogP contribution < -0.4 is 5.32 Å². The van der Waals surface area contributed by atoms with E-state index in [0.717, 1.165) is 96.3 Å². The fourth-order valence-electron chi connectivity index (χ4n) is 5.42. The Morgan fingerprint density at radius 3 is 1.52 bits per heavy atom. The monoisotopic (exact) mass is 780 g/mol. The molecule has 0 aliphatic carbocycles. The van der Waals surface area contributed by atoms with Crippen molar-refractivity contribution in [3.63, 3.8) is 0 Å². The molecule has 0 aromatic carbocycles. The number of phosphoric ester groups is 1. The Morgan fingerprint density at radius 1 is 0.574 bits per heavy atom. The van der Waals surface area contributed by atoms with Gasteiger partial charge in [0.1, 0.15) is 12.7 Å². The van der Waals surface area contributed by atoms with E-state index in [1.54, 1.807) is 0 Å². The normalized spacial score (nSPS) is 13.9. The molecule has 2 atom stereocenters. The molecule has 0 aromatic heterocycles. The highest BCUT2D eigenvalue weighted by molar-refractivity contribution is 7.47. The summed E-state index contributed by atoms with van der Waals surface area (Å²) < 4.78 is 26.8. The van der Waals surface area contributed by atoms with Crippen LogP contribution in [-0.2, 0) is 27.9 Å². The van der Waals surface area contributed by atoms with Gasteiger partial charge in [0, 0.05) is 19.4 Å². The first-order valence-electron chi connectivity index (χ1n) is 21.3. The molecular formula is C44H78NO8P. The maximum absolute atomic E-state index is 12.1. The smallest absolute Gasteiger partial charge is 0.463 e. The molecule has 0 aromatic rings. The number of aliphatic hydroxyl groups excluding tert-OH is 1. The van der Waals surface area contributed by atoms with Gasteiger partial charge in [-0.3, -0.25) is 18.6 Å². The SMILES string of the molecule is CCCCC/C=C\C/C=C\C/C=C\C/C=C\CCCCCCCC(=O)NCCOP(=O)(O)OCC(O)COC(=O)CCCCCCC/C=C\CCCCC. The van der Waals surface area contributed by atoms with Gasteiger partial charge in [0.25, 0.3) is 0 Å². The fourth-order valence-corrected chi connectivity index (χ4v) is 6.17. The Hall–Kier alpha value is -2.29. The Bertz CT molecular complexity index is 1070. The number of phosphoric acid groups is 1. The first-order chi connectivity index (χ1) is 26.3. The predicted octanol–water partition coefficient (Wildman–Crippen LogP) is 11.7. The van der Waals surface area contributed by atoms with E-state index in [1.807, 2.05) is 0 Å². The van der Waals surface area contributed by atoms with Gasteiger partial charge in [0.15, 0.2) is 0 Å². The van der Waals surface area contributed by atoms with Crippen LogP contribution in [0.2, 0.25) is 0 Å². The number of rotatable bonds is 39. The van der Waals surface area contributed by atoms with E-state index in [9.17, 15) is 24.2 Å². The van der Waals surface area contributed by atoms with Gasteiger partial charge in [-0.05, 0) is 83.5 Å². The second-order valence-corrected chi connectivity index (χ2v) is 15.4. The van der Waals surface area contributed by atoms with Crippen LogP contribution in [0.25, 0.3) is 0 Å². The minimum absolute atomic E-state index is 0.0676. The molecule has 10 heteroatoms. The molecule has 2 unspecified atom stereocenters. The molecule has 3 N–H and O–H groups in total. The van der Waals surface area contributed by atoms with Gasteiger partial charge in [0.05, 0.1) is 13.2 Å². The molecule has 0 aliphatic heterocycles. The molecular weight excluding hydrogens is 701 g/mol. The average Bonchev–Trinajstić information content (AvgIpc) is 3.16. The van der Waals surface area contributed by atoms with E-state index in [-0.39, 0.29) is 32.1 Å². The molecule has 0 aliphatic rings.